The standard InChI is InChI=1S/C17H26N4O2.ClH/c1-5-17(6-2,10-19)21-15(22)8-7-13-11(3)14(9-18)16(23)20-12(13)4;/h5-8,10,19H2,1-4H3,(H,20,23)(H,21,22);1H. The molecule has 1 amide bonds. The average molecular weight is 355 g/mol. The number of halogens is 1. The summed E-state index contributed by atoms with van der Waals surface area (Å²) >= 11 is 0. The highest BCUT2D eigenvalue weighted by molar-refractivity contribution is 5.85. The molecule has 6 nitrogen and oxygen atoms in total. The lowest BCUT2D eigenvalue weighted by atomic mass is 9.92. The van der Waals surface area contributed by atoms with E-state index in [2.05, 4.69) is 10.3 Å². The molecule has 0 aromatic carbocycles. The Kier molecular flexibility index (Phi) is 8.73. The number of nitrogens with two attached hydrogens (primary N) is 1. The summed E-state index contributed by atoms with van der Waals surface area (Å²) < 4.78 is 0. The average Bonchev–Trinajstić information content (AvgIpc) is 2.52. The molecule has 0 unspecified atom stereocenters. The zero-order valence-corrected chi connectivity index (χ0v) is 15.6. The van der Waals surface area contributed by atoms with Gasteiger partial charge in [-0.3, -0.25) is 9.59 Å². The minimum Gasteiger partial charge on any atom is -0.349 e. The van der Waals surface area contributed by atoms with Crippen LogP contribution in [0, 0.1) is 25.2 Å². The summed E-state index contributed by atoms with van der Waals surface area (Å²) in [4.78, 5) is 26.6. The zero-order chi connectivity index (χ0) is 17.6. The zero-order valence-electron chi connectivity index (χ0n) is 14.8. The third-order valence-electron chi connectivity index (χ3n) is 4.67. The normalized spacial score (nSPS) is 10.7. The number of aryl methyl sites for hydroxylation is 1. The van der Waals surface area contributed by atoms with E-state index >= 15 is 0 Å². The molecule has 1 heterocycles. The SMILES string of the molecule is CCC(CC)(CN)NC(=O)CCc1c(C)[nH]c(=O)c(C#N)c1C.Cl. The molecular weight excluding hydrogens is 328 g/mol. The smallest absolute Gasteiger partial charge is 0.266 e. The third-order valence-corrected chi connectivity index (χ3v) is 4.67. The predicted octanol–water partition coefficient (Wildman–Crippen LogP) is 1.85. The molecule has 0 spiro atoms. The van der Waals surface area contributed by atoms with Crippen molar-refractivity contribution >= 4 is 18.3 Å². The van der Waals surface area contributed by atoms with Crippen LogP contribution in [-0.2, 0) is 11.2 Å². The van der Waals surface area contributed by atoms with E-state index in [1.165, 1.54) is 0 Å². The topological polar surface area (TPSA) is 112 Å². The van der Waals surface area contributed by atoms with E-state index in [-0.39, 0.29) is 35.0 Å². The second-order valence-corrected chi connectivity index (χ2v) is 5.91. The quantitative estimate of drug-likeness (QED) is 0.693. The molecule has 1 aromatic rings. The summed E-state index contributed by atoms with van der Waals surface area (Å²) in [5.41, 5.74) is 7.38. The number of rotatable bonds is 7. The number of hydrogen-bond acceptors (Lipinski definition) is 4. The fraction of sp³-hybridized carbons (Fsp3) is 0.588. The first-order valence-corrected chi connectivity index (χ1v) is 7.97. The van der Waals surface area contributed by atoms with E-state index in [9.17, 15) is 9.59 Å². The van der Waals surface area contributed by atoms with Crippen molar-refractivity contribution in [2.75, 3.05) is 6.54 Å². The maximum absolute atomic E-state index is 12.2. The Hall–Kier alpha value is -1.84. The number of carbonyl (C=O) groups excluding carboxylic acids is 1. The molecule has 0 aliphatic heterocycles. The number of pyridine rings is 1. The second-order valence-electron chi connectivity index (χ2n) is 5.91. The van der Waals surface area contributed by atoms with Gasteiger partial charge in [0.2, 0.25) is 5.91 Å². The van der Waals surface area contributed by atoms with Crippen molar-refractivity contribution in [2.45, 2.75) is 58.9 Å². The molecule has 24 heavy (non-hydrogen) atoms. The Morgan fingerprint density at radius 1 is 1.33 bits per heavy atom. The molecule has 7 heteroatoms. The summed E-state index contributed by atoms with van der Waals surface area (Å²) in [5, 5.41) is 12.1. The highest BCUT2D eigenvalue weighted by atomic mass is 35.5. The first kappa shape index (κ1) is 22.2. The minimum absolute atomic E-state index is 0. The van der Waals surface area contributed by atoms with Crippen molar-refractivity contribution in [1.29, 1.82) is 5.26 Å². The molecule has 0 aliphatic carbocycles. The number of H-pyrrole nitrogens is 1. The van der Waals surface area contributed by atoms with Crippen LogP contribution in [0.1, 0.15) is 55.5 Å². The fourth-order valence-electron chi connectivity index (χ4n) is 2.78. The van der Waals surface area contributed by atoms with Gasteiger partial charge in [0.05, 0.1) is 5.54 Å². The number of aromatic nitrogens is 1. The Labute approximate surface area is 149 Å². The molecule has 0 fully saturated rings. The van der Waals surface area contributed by atoms with Crippen molar-refractivity contribution < 1.29 is 4.79 Å². The van der Waals surface area contributed by atoms with Crippen LogP contribution in [0.5, 0.6) is 0 Å². The van der Waals surface area contributed by atoms with E-state index < -0.39 is 0 Å². The molecule has 0 radical (unpaired) electrons. The van der Waals surface area contributed by atoms with Crippen molar-refractivity contribution in [2.24, 2.45) is 5.73 Å². The number of carbonyl (C=O) groups is 1. The summed E-state index contributed by atoms with van der Waals surface area (Å²) in [6.07, 6.45) is 2.32. The number of nitrogens with one attached hydrogen (secondary N) is 2. The van der Waals surface area contributed by atoms with Gasteiger partial charge in [0.25, 0.3) is 5.56 Å². The van der Waals surface area contributed by atoms with Gasteiger partial charge in [0.15, 0.2) is 0 Å². The molecule has 0 saturated heterocycles. The van der Waals surface area contributed by atoms with Crippen molar-refractivity contribution in [3.63, 3.8) is 0 Å². The highest BCUT2D eigenvalue weighted by Crippen LogP contribution is 2.17. The van der Waals surface area contributed by atoms with Crippen LogP contribution in [0.15, 0.2) is 4.79 Å². The second kappa shape index (κ2) is 9.45. The monoisotopic (exact) mass is 354 g/mol. The number of nitrogens with zero attached hydrogens (tertiary/aromatic N) is 1. The van der Waals surface area contributed by atoms with Crippen LogP contribution in [-0.4, -0.2) is 23.0 Å². The van der Waals surface area contributed by atoms with Crippen molar-refractivity contribution in [1.82, 2.24) is 10.3 Å². The summed E-state index contributed by atoms with van der Waals surface area (Å²) in [6.45, 7) is 7.94. The molecule has 1 aromatic heterocycles. The molecule has 0 saturated carbocycles. The maximum Gasteiger partial charge on any atom is 0.266 e. The third kappa shape index (κ3) is 4.83. The van der Waals surface area contributed by atoms with Gasteiger partial charge in [-0.25, -0.2) is 0 Å². The molecule has 1 rings (SSSR count). The molecule has 0 bridgehead atoms. The van der Waals surface area contributed by atoms with E-state index in [0.717, 1.165) is 18.4 Å². The first-order chi connectivity index (χ1) is 10.8. The van der Waals surface area contributed by atoms with Crippen molar-refractivity contribution in [3.8, 4) is 6.07 Å². The predicted molar refractivity (Wildman–Crippen MR) is 97.3 cm³/mol. The van der Waals surface area contributed by atoms with Crippen LogP contribution in [0.3, 0.4) is 0 Å². The minimum atomic E-state index is -0.380. The highest BCUT2D eigenvalue weighted by Gasteiger charge is 2.26. The lowest BCUT2D eigenvalue weighted by Crippen LogP contribution is -2.52. The Bertz CT molecular complexity index is 664. The van der Waals surface area contributed by atoms with Gasteiger partial charge in [0.1, 0.15) is 11.6 Å². The van der Waals surface area contributed by atoms with Gasteiger partial charge < -0.3 is 16.0 Å². The Balaban J connectivity index is 0.00000529. The Morgan fingerprint density at radius 2 is 1.92 bits per heavy atom. The lowest BCUT2D eigenvalue weighted by Gasteiger charge is -2.31. The van der Waals surface area contributed by atoms with Crippen LogP contribution < -0.4 is 16.6 Å². The molecular formula is C17H27ClN4O2. The van der Waals surface area contributed by atoms with Crippen LogP contribution in [0.4, 0.5) is 0 Å². The number of aromatic amines is 1. The van der Waals surface area contributed by atoms with Crippen molar-refractivity contribution in [3.05, 3.63) is 32.7 Å². The van der Waals surface area contributed by atoms with E-state index in [1.807, 2.05) is 19.9 Å². The van der Waals surface area contributed by atoms with Crippen LogP contribution in [0.2, 0.25) is 0 Å². The van der Waals surface area contributed by atoms with Gasteiger partial charge in [0, 0.05) is 18.7 Å². The Morgan fingerprint density at radius 3 is 2.38 bits per heavy atom. The number of amides is 1. The number of hydrogen-bond donors (Lipinski definition) is 3. The summed E-state index contributed by atoms with van der Waals surface area (Å²) in [6, 6.07) is 1.92. The first-order valence-electron chi connectivity index (χ1n) is 7.97. The summed E-state index contributed by atoms with van der Waals surface area (Å²) in [7, 11) is 0. The van der Waals surface area contributed by atoms with E-state index in [4.69, 9.17) is 11.0 Å². The van der Waals surface area contributed by atoms with Gasteiger partial charge in [-0.1, -0.05) is 13.8 Å². The number of nitriles is 1. The van der Waals surface area contributed by atoms with Gasteiger partial charge in [-0.2, -0.15) is 5.26 Å². The van der Waals surface area contributed by atoms with Gasteiger partial charge in [-0.15, -0.1) is 12.4 Å². The molecule has 0 aliphatic rings. The largest absolute Gasteiger partial charge is 0.349 e. The molecule has 134 valence electrons. The summed E-state index contributed by atoms with van der Waals surface area (Å²) in [5.74, 6) is -0.0670. The van der Waals surface area contributed by atoms with Gasteiger partial charge >= 0.3 is 0 Å². The molecule has 4 N–H and O–H groups in total. The molecule has 0 atom stereocenters. The van der Waals surface area contributed by atoms with Gasteiger partial charge in [-0.05, 0) is 44.2 Å². The van der Waals surface area contributed by atoms with E-state index in [1.54, 1.807) is 13.8 Å². The van der Waals surface area contributed by atoms with Crippen LogP contribution in [0.25, 0.3) is 0 Å². The van der Waals surface area contributed by atoms with E-state index in [0.29, 0.717) is 30.6 Å². The fourth-order valence-corrected chi connectivity index (χ4v) is 2.78. The maximum atomic E-state index is 12.2. The van der Waals surface area contributed by atoms with Crippen LogP contribution >= 0.6 is 12.4 Å². The lowest BCUT2D eigenvalue weighted by molar-refractivity contribution is -0.123.